The van der Waals surface area contributed by atoms with Gasteiger partial charge in [-0.05, 0) is 16.7 Å². The summed E-state index contributed by atoms with van der Waals surface area (Å²) in [7, 11) is 0. The number of nitrogens with zero attached hydrogens (tertiary/aromatic N) is 5. The Morgan fingerprint density at radius 2 is 1.74 bits per heavy atom. The predicted molar refractivity (Wildman–Crippen MR) is 129 cm³/mol. The molecule has 0 saturated carbocycles. The van der Waals surface area contributed by atoms with Gasteiger partial charge in [-0.3, -0.25) is 9.47 Å². The Kier molecular flexibility index (Phi) is 6.77. The lowest BCUT2D eigenvalue weighted by Gasteiger charge is -2.38. The SMILES string of the molecule is OCCNc1ncnc2c1ncn2[C@H]1CN(Cc2ccc(-c3ccccc3)cc2)C[C@@H](CO)O1. The zero-order valence-corrected chi connectivity index (χ0v) is 18.8. The van der Waals surface area contributed by atoms with Crippen LogP contribution in [0, 0.1) is 0 Å². The molecule has 0 spiro atoms. The Hall–Kier alpha value is -3.37. The van der Waals surface area contributed by atoms with Crippen LogP contribution < -0.4 is 5.32 Å². The van der Waals surface area contributed by atoms with E-state index in [1.54, 1.807) is 6.33 Å². The van der Waals surface area contributed by atoms with Gasteiger partial charge in [-0.15, -0.1) is 0 Å². The third-order valence-corrected chi connectivity index (χ3v) is 5.97. The molecule has 2 atom stereocenters. The number of hydrogen-bond donors (Lipinski definition) is 3. The van der Waals surface area contributed by atoms with Crippen LogP contribution in [0.2, 0.25) is 0 Å². The van der Waals surface area contributed by atoms with E-state index in [4.69, 9.17) is 9.84 Å². The molecule has 0 bridgehead atoms. The molecular formula is C25H28N6O3. The van der Waals surface area contributed by atoms with Crippen molar-refractivity contribution in [3.63, 3.8) is 0 Å². The molecular weight excluding hydrogens is 432 g/mol. The van der Waals surface area contributed by atoms with Crippen LogP contribution in [0.25, 0.3) is 22.3 Å². The molecule has 0 aliphatic carbocycles. The van der Waals surface area contributed by atoms with Crippen LogP contribution in [-0.4, -0.2) is 73.6 Å². The summed E-state index contributed by atoms with van der Waals surface area (Å²) in [6.45, 7) is 2.32. The smallest absolute Gasteiger partial charge is 0.167 e. The van der Waals surface area contributed by atoms with Gasteiger partial charge in [0.05, 0.1) is 25.6 Å². The van der Waals surface area contributed by atoms with E-state index in [-0.39, 0.29) is 25.5 Å². The molecule has 0 radical (unpaired) electrons. The fourth-order valence-electron chi connectivity index (χ4n) is 4.33. The normalized spacial score (nSPS) is 18.9. The van der Waals surface area contributed by atoms with Crippen LogP contribution in [0.15, 0.2) is 67.3 Å². The topological polar surface area (TPSA) is 109 Å². The van der Waals surface area contributed by atoms with Gasteiger partial charge >= 0.3 is 0 Å². The van der Waals surface area contributed by atoms with E-state index in [9.17, 15) is 5.11 Å². The largest absolute Gasteiger partial charge is 0.395 e. The summed E-state index contributed by atoms with van der Waals surface area (Å²) in [4.78, 5) is 15.4. The van der Waals surface area contributed by atoms with E-state index < -0.39 is 0 Å². The summed E-state index contributed by atoms with van der Waals surface area (Å²) in [6, 6.07) is 18.9. The molecule has 4 aromatic rings. The molecule has 1 aliphatic rings. The molecule has 1 fully saturated rings. The zero-order valence-electron chi connectivity index (χ0n) is 18.8. The molecule has 3 N–H and O–H groups in total. The first-order chi connectivity index (χ1) is 16.7. The highest BCUT2D eigenvalue weighted by atomic mass is 16.5. The van der Waals surface area contributed by atoms with Gasteiger partial charge in [0.1, 0.15) is 12.6 Å². The maximum absolute atomic E-state index is 9.87. The summed E-state index contributed by atoms with van der Waals surface area (Å²) in [5.74, 6) is 0.572. The number of ether oxygens (including phenoxy) is 1. The van der Waals surface area contributed by atoms with Crippen LogP contribution in [0.4, 0.5) is 5.82 Å². The van der Waals surface area contributed by atoms with Gasteiger partial charge in [-0.2, -0.15) is 0 Å². The van der Waals surface area contributed by atoms with Crippen molar-refractivity contribution < 1.29 is 14.9 Å². The lowest BCUT2D eigenvalue weighted by molar-refractivity contribution is -0.135. The van der Waals surface area contributed by atoms with E-state index in [1.165, 1.54) is 23.0 Å². The quantitative estimate of drug-likeness (QED) is 0.368. The Labute approximate surface area is 197 Å². The fraction of sp³-hybridized carbons (Fsp3) is 0.320. The molecule has 1 saturated heterocycles. The molecule has 1 aliphatic heterocycles. The highest BCUT2D eigenvalue weighted by Gasteiger charge is 2.30. The maximum atomic E-state index is 9.87. The number of aliphatic hydroxyl groups is 2. The van der Waals surface area contributed by atoms with E-state index in [2.05, 4.69) is 61.6 Å². The number of anilines is 1. The second kappa shape index (κ2) is 10.3. The van der Waals surface area contributed by atoms with Gasteiger partial charge in [0.2, 0.25) is 0 Å². The van der Waals surface area contributed by atoms with Gasteiger partial charge in [0.25, 0.3) is 0 Å². The van der Waals surface area contributed by atoms with E-state index >= 15 is 0 Å². The van der Waals surface area contributed by atoms with Gasteiger partial charge in [-0.25, -0.2) is 15.0 Å². The highest BCUT2D eigenvalue weighted by molar-refractivity contribution is 5.82. The first-order valence-electron chi connectivity index (χ1n) is 11.4. The van der Waals surface area contributed by atoms with Gasteiger partial charge in [0.15, 0.2) is 17.0 Å². The Balaban J connectivity index is 1.34. The molecule has 3 heterocycles. The second-order valence-electron chi connectivity index (χ2n) is 8.35. The van der Waals surface area contributed by atoms with Crippen LogP contribution >= 0.6 is 0 Å². The zero-order chi connectivity index (χ0) is 23.3. The lowest BCUT2D eigenvalue weighted by Crippen LogP contribution is -2.46. The first-order valence-corrected chi connectivity index (χ1v) is 11.4. The molecule has 5 rings (SSSR count). The van der Waals surface area contributed by atoms with Crippen LogP contribution in [0.3, 0.4) is 0 Å². The van der Waals surface area contributed by atoms with Crippen LogP contribution in [0.5, 0.6) is 0 Å². The molecule has 0 amide bonds. The van der Waals surface area contributed by atoms with Crippen LogP contribution in [-0.2, 0) is 11.3 Å². The lowest BCUT2D eigenvalue weighted by atomic mass is 10.0. The van der Waals surface area contributed by atoms with Crippen molar-refractivity contribution in [3.8, 4) is 11.1 Å². The highest BCUT2D eigenvalue weighted by Crippen LogP contribution is 2.27. The van der Waals surface area contributed by atoms with Crippen molar-refractivity contribution in [1.29, 1.82) is 0 Å². The standard InChI is InChI=1S/C25H28N6O3/c32-11-10-26-24-23-25(28-16-27-24)31(17-29-23)22-14-30(13-21(15-33)34-22)12-18-6-8-20(9-7-18)19-4-2-1-3-5-19/h1-9,16-17,21-22,32-33H,10-15H2,(H,26,27,28)/t21-,22+/m0/s1. The fourth-order valence-corrected chi connectivity index (χ4v) is 4.33. The number of rotatable bonds is 8. The van der Waals surface area contributed by atoms with Crippen molar-refractivity contribution >= 4 is 17.0 Å². The van der Waals surface area contributed by atoms with Crippen molar-refractivity contribution in [2.45, 2.75) is 18.9 Å². The van der Waals surface area contributed by atoms with Gasteiger partial charge < -0.3 is 20.3 Å². The van der Waals surface area contributed by atoms with E-state index in [0.29, 0.717) is 36.6 Å². The number of benzene rings is 2. The minimum atomic E-state index is -0.347. The minimum Gasteiger partial charge on any atom is -0.395 e. The summed E-state index contributed by atoms with van der Waals surface area (Å²) in [5.41, 5.74) is 4.85. The Morgan fingerprint density at radius 1 is 0.941 bits per heavy atom. The molecule has 176 valence electrons. The Morgan fingerprint density at radius 3 is 2.50 bits per heavy atom. The summed E-state index contributed by atoms with van der Waals surface area (Å²) < 4.78 is 8.05. The van der Waals surface area contributed by atoms with Gasteiger partial charge in [-0.1, -0.05) is 54.6 Å². The van der Waals surface area contributed by atoms with E-state index in [1.807, 2.05) is 22.8 Å². The monoisotopic (exact) mass is 460 g/mol. The second-order valence-corrected chi connectivity index (χ2v) is 8.35. The van der Waals surface area contributed by atoms with Crippen molar-refractivity contribution in [2.24, 2.45) is 0 Å². The number of nitrogens with one attached hydrogen (secondary N) is 1. The third-order valence-electron chi connectivity index (χ3n) is 5.97. The average molecular weight is 461 g/mol. The summed E-state index contributed by atoms with van der Waals surface area (Å²) in [6.07, 6.45) is 2.51. The maximum Gasteiger partial charge on any atom is 0.167 e. The molecule has 0 unspecified atom stereocenters. The molecule has 2 aromatic heterocycles. The molecule has 9 heteroatoms. The number of fused-ring (bicyclic) bond motifs is 1. The van der Waals surface area contributed by atoms with Crippen LogP contribution in [0.1, 0.15) is 11.8 Å². The van der Waals surface area contributed by atoms with Gasteiger partial charge in [0, 0.05) is 26.2 Å². The van der Waals surface area contributed by atoms with E-state index in [0.717, 1.165) is 6.54 Å². The Bertz CT molecular complexity index is 1210. The molecule has 2 aromatic carbocycles. The third kappa shape index (κ3) is 4.78. The summed E-state index contributed by atoms with van der Waals surface area (Å²) >= 11 is 0. The first kappa shape index (κ1) is 22.4. The number of hydrogen-bond acceptors (Lipinski definition) is 8. The van der Waals surface area contributed by atoms with Crippen molar-refractivity contribution in [3.05, 3.63) is 72.8 Å². The number of imidazole rings is 1. The van der Waals surface area contributed by atoms with Crippen molar-refractivity contribution in [1.82, 2.24) is 24.4 Å². The van der Waals surface area contributed by atoms with Crippen molar-refractivity contribution in [2.75, 3.05) is 38.2 Å². The average Bonchev–Trinajstić information content (AvgIpc) is 3.33. The molecule has 9 nitrogen and oxygen atoms in total. The minimum absolute atomic E-state index is 0.00257. The molecule has 34 heavy (non-hydrogen) atoms. The summed E-state index contributed by atoms with van der Waals surface area (Å²) in [5, 5.41) is 22.0. The number of aromatic nitrogens is 4. The number of aliphatic hydroxyl groups excluding tert-OH is 2. The number of morpholine rings is 1. The predicted octanol–water partition coefficient (Wildman–Crippen LogP) is 2.29.